The van der Waals surface area contributed by atoms with E-state index < -0.39 is 0 Å². The van der Waals surface area contributed by atoms with E-state index in [1.807, 2.05) is 12.3 Å². The van der Waals surface area contributed by atoms with Gasteiger partial charge in [0.15, 0.2) is 5.82 Å². The standard InChI is InChI=1S/C10H12ClN5S/c1-6(7-2-3-17-5-7)14-9-8(11)4-13-10(15-9)16-12/h2-6H,12H2,1H3,(H2,13,14,15,16). The van der Waals surface area contributed by atoms with Gasteiger partial charge in [0.25, 0.3) is 0 Å². The Morgan fingerprint density at radius 1 is 1.53 bits per heavy atom. The van der Waals surface area contributed by atoms with Crippen LogP contribution in [0.1, 0.15) is 18.5 Å². The second kappa shape index (κ2) is 5.31. The van der Waals surface area contributed by atoms with Gasteiger partial charge in [-0.1, -0.05) is 11.6 Å². The largest absolute Gasteiger partial charge is 0.362 e. The van der Waals surface area contributed by atoms with E-state index in [-0.39, 0.29) is 6.04 Å². The molecule has 1 unspecified atom stereocenters. The third kappa shape index (κ3) is 2.85. The Labute approximate surface area is 108 Å². The Hall–Kier alpha value is -1.37. The van der Waals surface area contributed by atoms with Crippen LogP contribution < -0.4 is 16.6 Å². The fourth-order valence-electron chi connectivity index (χ4n) is 1.35. The van der Waals surface area contributed by atoms with Crippen LogP contribution in [0.25, 0.3) is 0 Å². The summed E-state index contributed by atoms with van der Waals surface area (Å²) in [6.45, 7) is 2.04. The number of aromatic nitrogens is 2. The topological polar surface area (TPSA) is 75.9 Å². The molecule has 0 aliphatic rings. The van der Waals surface area contributed by atoms with E-state index in [1.54, 1.807) is 11.3 Å². The van der Waals surface area contributed by atoms with Gasteiger partial charge in [-0.3, -0.25) is 5.43 Å². The van der Waals surface area contributed by atoms with Crippen molar-refractivity contribution in [1.29, 1.82) is 0 Å². The molecule has 0 fully saturated rings. The Bertz CT molecular complexity index is 487. The molecule has 1 atom stereocenters. The molecule has 17 heavy (non-hydrogen) atoms. The van der Waals surface area contributed by atoms with Gasteiger partial charge in [-0.15, -0.1) is 0 Å². The molecule has 0 spiro atoms. The van der Waals surface area contributed by atoms with Gasteiger partial charge >= 0.3 is 0 Å². The van der Waals surface area contributed by atoms with E-state index >= 15 is 0 Å². The van der Waals surface area contributed by atoms with Crippen LogP contribution in [0.15, 0.2) is 23.0 Å². The SMILES string of the molecule is CC(Nc1nc(NN)ncc1Cl)c1ccsc1. The highest BCUT2D eigenvalue weighted by Gasteiger charge is 2.10. The predicted octanol–water partition coefficient (Wildman–Crippen LogP) is 2.65. The number of nitrogens with one attached hydrogen (secondary N) is 2. The van der Waals surface area contributed by atoms with Gasteiger partial charge in [-0.25, -0.2) is 10.8 Å². The molecule has 2 aromatic heterocycles. The molecule has 7 heteroatoms. The van der Waals surface area contributed by atoms with Crippen LogP contribution >= 0.6 is 22.9 Å². The molecule has 0 aromatic carbocycles. The van der Waals surface area contributed by atoms with Crippen molar-refractivity contribution in [3.8, 4) is 0 Å². The molecule has 90 valence electrons. The highest BCUT2D eigenvalue weighted by molar-refractivity contribution is 7.07. The van der Waals surface area contributed by atoms with E-state index in [9.17, 15) is 0 Å². The van der Waals surface area contributed by atoms with E-state index in [0.717, 1.165) is 0 Å². The summed E-state index contributed by atoms with van der Waals surface area (Å²) in [4.78, 5) is 8.06. The van der Waals surface area contributed by atoms with Crippen molar-refractivity contribution < 1.29 is 0 Å². The van der Waals surface area contributed by atoms with Crippen LogP contribution in [0.2, 0.25) is 5.02 Å². The maximum absolute atomic E-state index is 6.01. The fourth-order valence-corrected chi connectivity index (χ4v) is 2.25. The minimum Gasteiger partial charge on any atom is -0.362 e. The Morgan fingerprint density at radius 3 is 3.00 bits per heavy atom. The number of hydrogen-bond acceptors (Lipinski definition) is 6. The Balaban J connectivity index is 2.18. The van der Waals surface area contributed by atoms with Crippen LogP contribution in [0, 0.1) is 0 Å². The van der Waals surface area contributed by atoms with Crippen LogP contribution in [0.3, 0.4) is 0 Å². The Kier molecular flexibility index (Phi) is 3.78. The first-order valence-corrected chi connectivity index (χ1v) is 6.30. The predicted molar refractivity (Wildman–Crippen MR) is 71.2 cm³/mol. The van der Waals surface area contributed by atoms with Crippen molar-refractivity contribution in [2.24, 2.45) is 5.84 Å². The first kappa shape index (κ1) is 12.1. The molecule has 0 aliphatic heterocycles. The molecule has 2 aromatic rings. The zero-order valence-electron chi connectivity index (χ0n) is 9.14. The van der Waals surface area contributed by atoms with Crippen molar-refractivity contribution in [2.75, 3.05) is 10.7 Å². The maximum atomic E-state index is 6.01. The average molecular weight is 270 g/mol. The lowest BCUT2D eigenvalue weighted by atomic mass is 10.2. The smallest absolute Gasteiger partial charge is 0.239 e. The molecule has 4 N–H and O–H groups in total. The van der Waals surface area contributed by atoms with Crippen molar-refractivity contribution >= 4 is 34.7 Å². The van der Waals surface area contributed by atoms with Gasteiger partial charge in [0.2, 0.25) is 5.95 Å². The molecule has 0 aliphatic carbocycles. The van der Waals surface area contributed by atoms with Crippen molar-refractivity contribution in [3.05, 3.63) is 33.6 Å². The third-order valence-electron chi connectivity index (χ3n) is 2.27. The monoisotopic (exact) mass is 269 g/mol. The average Bonchev–Trinajstić information content (AvgIpc) is 2.85. The summed E-state index contributed by atoms with van der Waals surface area (Å²) >= 11 is 7.66. The molecular weight excluding hydrogens is 258 g/mol. The number of halogens is 1. The highest BCUT2D eigenvalue weighted by Crippen LogP contribution is 2.25. The fraction of sp³-hybridized carbons (Fsp3) is 0.200. The molecule has 0 saturated carbocycles. The van der Waals surface area contributed by atoms with Crippen molar-refractivity contribution in [3.63, 3.8) is 0 Å². The molecule has 0 amide bonds. The first-order valence-electron chi connectivity index (χ1n) is 4.98. The highest BCUT2D eigenvalue weighted by atomic mass is 35.5. The van der Waals surface area contributed by atoms with Gasteiger partial charge in [-0.2, -0.15) is 16.3 Å². The maximum Gasteiger partial charge on any atom is 0.239 e. The van der Waals surface area contributed by atoms with E-state index in [0.29, 0.717) is 16.8 Å². The second-order valence-corrected chi connectivity index (χ2v) is 4.64. The summed E-state index contributed by atoms with van der Waals surface area (Å²) in [7, 11) is 0. The van der Waals surface area contributed by atoms with E-state index in [4.69, 9.17) is 17.4 Å². The lowest BCUT2D eigenvalue weighted by Crippen LogP contribution is -2.13. The van der Waals surface area contributed by atoms with E-state index in [2.05, 4.69) is 32.2 Å². The number of thiophene rings is 1. The van der Waals surface area contributed by atoms with E-state index in [1.165, 1.54) is 11.8 Å². The summed E-state index contributed by atoms with van der Waals surface area (Å²) in [6, 6.07) is 2.18. The number of nitrogens with zero attached hydrogens (tertiary/aromatic N) is 2. The van der Waals surface area contributed by atoms with Gasteiger partial charge in [-0.05, 0) is 29.3 Å². The number of rotatable bonds is 4. The van der Waals surface area contributed by atoms with Gasteiger partial charge < -0.3 is 5.32 Å². The molecule has 0 radical (unpaired) electrons. The quantitative estimate of drug-likeness (QED) is 0.588. The summed E-state index contributed by atoms with van der Waals surface area (Å²) < 4.78 is 0. The van der Waals surface area contributed by atoms with Crippen molar-refractivity contribution in [2.45, 2.75) is 13.0 Å². The number of hydrogen-bond donors (Lipinski definition) is 3. The first-order chi connectivity index (χ1) is 8.20. The molecule has 2 rings (SSSR count). The lowest BCUT2D eigenvalue weighted by molar-refractivity contribution is 0.877. The molecular formula is C10H12ClN5S. The number of anilines is 2. The minimum atomic E-state index is 0.124. The molecule has 0 bridgehead atoms. The third-order valence-corrected chi connectivity index (χ3v) is 3.25. The second-order valence-electron chi connectivity index (χ2n) is 3.46. The normalized spacial score (nSPS) is 12.2. The lowest BCUT2D eigenvalue weighted by Gasteiger charge is -2.14. The van der Waals surface area contributed by atoms with Gasteiger partial charge in [0.05, 0.1) is 12.2 Å². The number of nitrogens with two attached hydrogens (primary N) is 1. The summed E-state index contributed by atoms with van der Waals surface area (Å²) in [5, 5.41) is 7.79. The number of hydrazine groups is 1. The Morgan fingerprint density at radius 2 is 2.35 bits per heavy atom. The molecule has 0 saturated heterocycles. The summed E-state index contributed by atoms with van der Waals surface area (Å²) in [6.07, 6.45) is 1.51. The number of nitrogen functional groups attached to an aromatic ring is 1. The van der Waals surface area contributed by atoms with Crippen LogP contribution in [0.5, 0.6) is 0 Å². The minimum absolute atomic E-state index is 0.124. The zero-order chi connectivity index (χ0) is 12.3. The van der Waals surface area contributed by atoms with Crippen LogP contribution in [-0.2, 0) is 0 Å². The zero-order valence-corrected chi connectivity index (χ0v) is 10.7. The molecule has 2 heterocycles. The van der Waals surface area contributed by atoms with Crippen LogP contribution in [-0.4, -0.2) is 9.97 Å². The summed E-state index contributed by atoms with van der Waals surface area (Å²) in [5.41, 5.74) is 3.57. The summed E-state index contributed by atoms with van der Waals surface area (Å²) in [5.74, 6) is 6.14. The van der Waals surface area contributed by atoms with Gasteiger partial charge in [0, 0.05) is 0 Å². The van der Waals surface area contributed by atoms with Crippen molar-refractivity contribution in [1.82, 2.24) is 9.97 Å². The molecule has 5 nitrogen and oxygen atoms in total. The van der Waals surface area contributed by atoms with Gasteiger partial charge in [0.1, 0.15) is 5.02 Å². The van der Waals surface area contributed by atoms with Crippen LogP contribution in [0.4, 0.5) is 11.8 Å².